The van der Waals surface area contributed by atoms with Crippen molar-refractivity contribution in [3.8, 4) is 0 Å². The van der Waals surface area contributed by atoms with Crippen LogP contribution in [0.25, 0.3) is 0 Å². The summed E-state index contributed by atoms with van der Waals surface area (Å²) in [5.41, 5.74) is 1.14. The quantitative estimate of drug-likeness (QED) is 0.633. The Balaban J connectivity index is 2.61. The van der Waals surface area contributed by atoms with Crippen LogP contribution in [-0.2, 0) is 4.79 Å². The van der Waals surface area contributed by atoms with Crippen LogP contribution in [0.3, 0.4) is 0 Å². The van der Waals surface area contributed by atoms with E-state index in [1.807, 2.05) is 6.92 Å². The molecule has 0 radical (unpaired) electrons. The Hall–Kier alpha value is -0.790. The average molecular weight is 154 g/mol. The van der Waals surface area contributed by atoms with Crippen LogP contribution in [0.5, 0.6) is 0 Å². The first-order valence-electron chi connectivity index (χ1n) is 4.17. The van der Waals surface area contributed by atoms with Gasteiger partial charge in [0.05, 0.1) is 5.92 Å². The second kappa shape index (κ2) is 3.56. The standard InChI is InChI=1S/C9H14O2/c1-2-8(9(10)11)7-5-3-4-6-7/h5,8H,2-4,6H2,1H3,(H,10,11). The van der Waals surface area contributed by atoms with Gasteiger partial charge in [0.15, 0.2) is 0 Å². The number of hydrogen-bond donors (Lipinski definition) is 1. The summed E-state index contributed by atoms with van der Waals surface area (Å²) in [5.74, 6) is -0.877. The van der Waals surface area contributed by atoms with E-state index in [1.165, 1.54) is 0 Å². The number of aliphatic carboxylic acids is 1. The molecule has 1 aliphatic rings. The molecule has 1 aliphatic carbocycles. The Bertz CT molecular complexity index is 182. The zero-order chi connectivity index (χ0) is 8.27. The lowest BCUT2D eigenvalue weighted by Gasteiger charge is -2.09. The van der Waals surface area contributed by atoms with Crippen molar-refractivity contribution in [1.82, 2.24) is 0 Å². The highest BCUT2D eigenvalue weighted by Crippen LogP contribution is 2.27. The number of carbonyl (C=O) groups is 1. The minimum atomic E-state index is -0.666. The van der Waals surface area contributed by atoms with E-state index < -0.39 is 5.97 Å². The van der Waals surface area contributed by atoms with E-state index in [4.69, 9.17) is 5.11 Å². The van der Waals surface area contributed by atoms with Gasteiger partial charge in [-0.05, 0) is 25.7 Å². The predicted molar refractivity (Wildman–Crippen MR) is 43.4 cm³/mol. The van der Waals surface area contributed by atoms with Crippen LogP contribution in [0, 0.1) is 5.92 Å². The van der Waals surface area contributed by atoms with Crippen molar-refractivity contribution in [1.29, 1.82) is 0 Å². The number of allylic oxidation sites excluding steroid dienone is 1. The maximum atomic E-state index is 10.7. The monoisotopic (exact) mass is 154 g/mol. The van der Waals surface area contributed by atoms with E-state index in [0.29, 0.717) is 0 Å². The molecule has 1 N–H and O–H groups in total. The molecule has 11 heavy (non-hydrogen) atoms. The van der Waals surface area contributed by atoms with Gasteiger partial charge in [-0.15, -0.1) is 0 Å². The summed E-state index contributed by atoms with van der Waals surface area (Å²) in [6, 6.07) is 0. The molecule has 1 atom stereocenters. The number of rotatable bonds is 3. The van der Waals surface area contributed by atoms with Crippen molar-refractivity contribution >= 4 is 5.97 Å². The van der Waals surface area contributed by atoms with Crippen LogP contribution in [0.2, 0.25) is 0 Å². The third-order valence-corrected chi connectivity index (χ3v) is 2.23. The lowest BCUT2D eigenvalue weighted by atomic mass is 9.96. The van der Waals surface area contributed by atoms with Gasteiger partial charge in [0.1, 0.15) is 0 Å². The van der Waals surface area contributed by atoms with Crippen molar-refractivity contribution in [3.63, 3.8) is 0 Å². The first kappa shape index (κ1) is 8.31. The highest BCUT2D eigenvalue weighted by atomic mass is 16.4. The number of hydrogen-bond acceptors (Lipinski definition) is 1. The molecule has 2 nitrogen and oxygen atoms in total. The highest BCUT2D eigenvalue weighted by molar-refractivity contribution is 5.73. The van der Waals surface area contributed by atoms with Gasteiger partial charge in [-0.2, -0.15) is 0 Å². The van der Waals surface area contributed by atoms with Gasteiger partial charge < -0.3 is 5.11 Å². The summed E-state index contributed by atoms with van der Waals surface area (Å²) in [7, 11) is 0. The smallest absolute Gasteiger partial charge is 0.310 e. The van der Waals surface area contributed by atoms with Crippen LogP contribution < -0.4 is 0 Å². The summed E-state index contributed by atoms with van der Waals surface area (Å²) in [6.45, 7) is 1.93. The second-order valence-corrected chi connectivity index (χ2v) is 2.97. The SMILES string of the molecule is CCC(C(=O)O)C1=CCCC1. The Morgan fingerprint density at radius 1 is 1.82 bits per heavy atom. The molecule has 0 aliphatic heterocycles. The maximum absolute atomic E-state index is 10.7. The molecule has 2 heteroatoms. The van der Waals surface area contributed by atoms with Crippen LogP contribution >= 0.6 is 0 Å². The van der Waals surface area contributed by atoms with Crippen LogP contribution in [0.4, 0.5) is 0 Å². The molecule has 0 bridgehead atoms. The van der Waals surface area contributed by atoms with E-state index in [1.54, 1.807) is 0 Å². The molecule has 0 saturated heterocycles. The highest BCUT2D eigenvalue weighted by Gasteiger charge is 2.21. The lowest BCUT2D eigenvalue weighted by Crippen LogP contribution is -2.14. The summed E-state index contributed by atoms with van der Waals surface area (Å²) in [6.07, 6.45) is 6.01. The second-order valence-electron chi connectivity index (χ2n) is 2.97. The van der Waals surface area contributed by atoms with Crippen LogP contribution in [-0.4, -0.2) is 11.1 Å². The minimum absolute atomic E-state index is 0.211. The molecular weight excluding hydrogens is 140 g/mol. The van der Waals surface area contributed by atoms with Crippen molar-refractivity contribution in [2.75, 3.05) is 0 Å². The molecule has 0 spiro atoms. The van der Waals surface area contributed by atoms with Gasteiger partial charge in [0, 0.05) is 0 Å². The summed E-state index contributed by atoms with van der Waals surface area (Å²) in [5, 5.41) is 8.79. The van der Waals surface area contributed by atoms with Gasteiger partial charge in [0.2, 0.25) is 0 Å². The molecule has 0 aromatic heterocycles. The summed E-state index contributed by atoms with van der Waals surface area (Å²) < 4.78 is 0. The van der Waals surface area contributed by atoms with Crippen molar-refractivity contribution in [2.24, 2.45) is 5.92 Å². The molecule has 0 aromatic rings. The van der Waals surface area contributed by atoms with Crippen molar-refractivity contribution in [2.45, 2.75) is 32.6 Å². The molecule has 0 amide bonds. The van der Waals surface area contributed by atoms with Crippen LogP contribution in [0.15, 0.2) is 11.6 Å². The maximum Gasteiger partial charge on any atom is 0.310 e. The Labute approximate surface area is 66.9 Å². The predicted octanol–water partition coefficient (Wildman–Crippen LogP) is 2.21. The largest absolute Gasteiger partial charge is 0.481 e. The van der Waals surface area contributed by atoms with Gasteiger partial charge in [-0.25, -0.2) is 0 Å². The fourth-order valence-electron chi connectivity index (χ4n) is 1.61. The normalized spacial score (nSPS) is 19.5. The van der Waals surface area contributed by atoms with E-state index in [9.17, 15) is 4.79 Å². The van der Waals surface area contributed by atoms with E-state index in [-0.39, 0.29) is 5.92 Å². The third kappa shape index (κ3) is 1.82. The molecular formula is C9H14O2. The minimum Gasteiger partial charge on any atom is -0.481 e. The molecule has 62 valence electrons. The summed E-state index contributed by atoms with van der Waals surface area (Å²) in [4.78, 5) is 10.7. The third-order valence-electron chi connectivity index (χ3n) is 2.23. The topological polar surface area (TPSA) is 37.3 Å². The first-order chi connectivity index (χ1) is 5.25. The molecule has 1 unspecified atom stereocenters. The number of carboxylic acid groups (broad SMARTS) is 1. The Morgan fingerprint density at radius 2 is 2.55 bits per heavy atom. The lowest BCUT2D eigenvalue weighted by molar-refractivity contribution is -0.140. The number of carboxylic acids is 1. The van der Waals surface area contributed by atoms with Crippen molar-refractivity contribution < 1.29 is 9.90 Å². The van der Waals surface area contributed by atoms with Gasteiger partial charge >= 0.3 is 5.97 Å². The average Bonchev–Trinajstić information content (AvgIpc) is 2.40. The molecule has 0 saturated carbocycles. The zero-order valence-corrected chi connectivity index (χ0v) is 6.84. The Kier molecular flexibility index (Phi) is 2.69. The first-order valence-corrected chi connectivity index (χ1v) is 4.17. The van der Waals surface area contributed by atoms with Crippen LogP contribution in [0.1, 0.15) is 32.6 Å². The van der Waals surface area contributed by atoms with Gasteiger partial charge in [-0.3, -0.25) is 4.79 Å². The fraction of sp³-hybridized carbons (Fsp3) is 0.667. The van der Waals surface area contributed by atoms with E-state index in [0.717, 1.165) is 31.3 Å². The van der Waals surface area contributed by atoms with Gasteiger partial charge in [-0.1, -0.05) is 18.6 Å². The van der Waals surface area contributed by atoms with E-state index >= 15 is 0 Å². The molecule has 0 heterocycles. The Morgan fingerprint density at radius 3 is 2.91 bits per heavy atom. The van der Waals surface area contributed by atoms with Crippen molar-refractivity contribution in [3.05, 3.63) is 11.6 Å². The molecule has 0 aromatic carbocycles. The fourth-order valence-corrected chi connectivity index (χ4v) is 1.61. The zero-order valence-electron chi connectivity index (χ0n) is 6.84. The molecule has 0 fully saturated rings. The molecule has 1 rings (SSSR count). The summed E-state index contributed by atoms with van der Waals surface area (Å²) >= 11 is 0. The van der Waals surface area contributed by atoms with E-state index in [2.05, 4.69) is 6.08 Å². The van der Waals surface area contributed by atoms with Gasteiger partial charge in [0.25, 0.3) is 0 Å².